The molecule has 9 heteroatoms. The first kappa shape index (κ1) is 19.9. The molecule has 0 N–H and O–H groups in total. The Morgan fingerprint density at radius 2 is 2.07 bits per heavy atom. The van der Waals surface area contributed by atoms with Crippen molar-refractivity contribution in [3.63, 3.8) is 0 Å². The Kier molecular flexibility index (Phi) is 5.62. The van der Waals surface area contributed by atoms with E-state index in [4.69, 9.17) is 0 Å². The van der Waals surface area contributed by atoms with Gasteiger partial charge >= 0.3 is 0 Å². The molecule has 2 heterocycles. The van der Waals surface area contributed by atoms with E-state index in [0.717, 1.165) is 0 Å². The maximum atomic E-state index is 12.8. The number of sulfone groups is 1. The molecule has 1 aliphatic heterocycles. The molecule has 1 aromatic heterocycles. The van der Waals surface area contributed by atoms with Gasteiger partial charge in [0.2, 0.25) is 5.91 Å². The Hall–Kier alpha value is -1.87. The van der Waals surface area contributed by atoms with Crippen molar-refractivity contribution in [1.29, 1.82) is 0 Å². The first-order valence-corrected chi connectivity index (χ1v) is 11.6. The van der Waals surface area contributed by atoms with Gasteiger partial charge in [-0.15, -0.1) is 0 Å². The summed E-state index contributed by atoms with van der Waals surface area (Å²) in [5.41, 5.74) is 0.477. The molecule has 2 aromatic rings. The molecular weight excluding hydrogens is 386 g/mol. The van der Waals surface area contributed by atoms with E-state index in [1.54, 1.807) is 29.8 Å². The van der Waals surface area contributed by atoms with Crippen LogP contribution in [-0.2, 0) is 14.6 Å². The van der Waals surface area contributed by atoms with E-state index < -0.39 is 9.84 Å². The van der Waals surface area contributed by atoms with Crippen molar-refractivity contribution in [2.45, 2.75) is 37.5 Å². The summed E-state index contributed by atoms with van der Waals surface area (Å²) in [4.78, 5) is 31.4. The largest absolute Gasteiger partial charge is 0.341 e. The van der Waals surface area contributed by atoms with E-state index in [9.17, 15) is 18.0 Å². The van der Waals surface area contributed by atoms with Gasteiger partial charge in [-0.25, -0.2) is 13.4 Å². The van der Waals surface area contributed by atoms with Crippen LogP contribution in [0.3, 0.4) is 0 Å². The van der Waals surface area contributed by atoms with Crippen LogP contribution >= 0.6 is 11.8 Å². The van der Waals surface area contributed by atoms with Crippen molar-refractivity contribution < 1.29 is 13.2 Å². The average Bonchev–Trinajstić information content (AvgIpc) is 2.98. The third-order valence-electron chi connectivity index (χ3n) is 4.77. The summed E-state index contributed by atoms with van der Waals surface area (Å²) in [7, 11) is -1.41. The summed E-state index contributed by atoms with van der Waals surface area (Å²) in [5.74, 6) is 0.0801. The second kappa shape index (κ2) is 7.63. The number of nitrogens with zero attached hydrogens (tertiary/aromatic N) is 3. The number of carbonyl (C=O) groups excluding carboxylic acids is 1. The number of fused-ring (bicyclic) bond motifs is 1. The van der Waals surface area contributed by atoms with Gasteiger partial charge in [-0.05, 0) is 32.4 Å². The third-order valence-corrected chi connectivity index (χ3v) is 7.45. The summed E-state index contributed by atoms with van der Waals surface area (Å²) >= 11 is 1.21. The fourth-order valence-corrected chi connectivity index (χ4v) is 6.02. The molecule has 1 fully saturated rings. The molecule has 1 aromatic carbocycles. The molecule has 146 valence electrons. The number of thioether (sulfide) groups is 1. The fourth-order valence-electron chi connectivity index (χ4n) is 3.20. The highest BCUT2D eigenvalue weighted by molar-refractivity contribution is 7.99. The standard InChI is InChI=1S/C18H23N3O4S2/c1-12(2)21-17(23)14-6-4-5-7-15(14)19-18(21)26-10-16(22)20(3)13-8-9-27(24,25)11-13/h4-7,12-13H,8-11H2,1-3H3/t13-/m0/s1. The maximum absolute atomic E-state index is 12.8. The zero-order valence-electron chi connectivity index (χ0n) is 15.6. The Morgan fingerprint density at radius 3 is 2.70 bits per heavy atom. The zero-order valence-corrected chi connectivity index (χ0v) is 17.2. The van der Waals surface area contributed by atoms with E-state index >= 15 is 0 Å². The summed E-state index contributed by atoms with van der Waals surface area (Å²) in [6.07, 6.45) is 0.472. The van der Waals surface area contributed by atoms with E-state index in [2.05, 4.69) is 4.98 Å². The van der Waals surface area contributed by atoms with Gasteiger partial charge in [0, 0.05) is 19.1 Å². The van der Waals surface area contributed by atoms with Crippen molar-refractivity contribution in [3.8, 4) is 0 Å². The number of hydrogen-bond donors (Lipinski definition) is 0. The number of carbonyl (C=O) groups is 1. The van der Waals surface area contributed by atoms with E-state index in [1.807, 2.05) is 19.9 Å². The normalized spacial score (nSPS) is 18.9. The second-order valence-electron chi connectivity index (χ2n) is 7.03. The minimum absolute atomic E-state index is 0.0187. The molecule has 27 heavy (non-hydrogen) atoms. The van der Waals surface area contributed by atoms with Crippen LogP contribution in [0.5, 0.6) is 0 Å². The van der Waals surface area contributed by atoms with Gasteiger partial charge in [-0.3, -0.25) is 14.2 Å². The van der Waals surface area contributed by atoms with Crippen molar-refractivity contribution in [2.75, 3.05) is 24.3 Å². The van der Waals surface area contributed by atoms with Crippen LogP contribution < -0.4 is 5.56 Å². The molecule has 1 atom stereocenters. The summed E-state index contributed by atoms with van der Waals surface area (Å²) in [5, 5.41) is 1.05. The lowest BCUT2D eigenvalue weighted by Crippen LogP contribution is -2.39. The highest BCUT2D eigenvalue weighted by atomic mass is 32.2. The van der Waals surface area contributed by atoms with Gasteiger partial charge in [-0.2, -0.15) is 0 Å². The highest BCUT2D eigenvalue weighted by Crippen LogP contribution is 2.23. The minimum Gasteiger partial charge on any atom is -0.341 e. The lowest BCUT2D eigenvalue weighted by atomic mass is 10.2. The quantitative estimate of drug-likeness (QED) is 0.552. The minimum atomic E-state index is -3.05. The van der Waals surface area contributed by atoms with Gasteiger partial charge in [0.15, 0.2) is 15.0 Å². The predicted molar refractivity (Wildman–Crippen MR) is 107 cm³/mol. The lowest BCUT2D eigenvalue weighted by molar-refractivity contribution is -0.128. The monoisotopic (exact) mass is 409 g/mol. The van der Waals surface area contributed by atoms with Crippen LogP contribution in [0.4, 0.5) is 0 Å². The molecule has 1 saturated heterocycles. The summed E-state index contributed by atoms with van der Waals surface area (Å²) in [6, 6.07) is 6.78. The van der Waals surface area contributed by atoms with Crippen LogP contribution in [0.15, 0.2) is 34.2 Å². The smallest absolute Gasteiger partial charge is 0.262 e. The predicted octanol–water partition coefficient (Wildman–Crippen LogP) is 1.71. The van der Waals surface area contributed by atoms with Crippen molar-refractivity contribution in [2.24, 2.45) is 0 Å². The Morgan fingerprint density at radius 1 is 1.37 bits per heavy atom. The van der Waals surface area contributed by atoms with Crippen molar-refractivity contribution >= 4 is 38.4 Å². The number of aromatic nitrogens is 2. The van der Waals surface area contributed by atoms with Crippen LogP contribution in [0.2, 0.25) is 0 Å². The van der Waals surface area contributed by atoms with E-state index in [0.29, 0.717) is 22.5 Å². The first-order valence-electron chi connectivity index (χ1n) is 8.80. The SMILES string of the molecule is CC(C)n1c(SCC(=O)N(C)[C@H]2CCS(=O)(=O)C2)nc2ccccc2c1=O. The zero-order chi connectivity index (χ0) is 19.8. The van der Waals surface area contributed by atoms with Gasteiger partial charge in [0.1, 0.15) is 0 Å². The molecule has 0 unspecified atom stereocenters. The van der Waals surface area contributed by atoms with Crippen LogP contribution in [0, 0.1) is 0 Å². The van der Waals surface area contributed by atoms with Gasteiger partial charge in [0.25, 0.3) is 5.56 Å². The van der Waals surface area contributed by atoms with E-state index in [-0.39, 0.29) is 40.8 Å². The summed E-state index contributed by atoms with van der Waals surface area (Å²) in [6.45, 7) is 3.80. The molecule has 0 aliphatic carbocycles. The molecule has 0 spiro atoms. The molecule has 1 amide bonds. The van der Waals surface area contributed by atoms with Gasteiger partial charge < -0.3 is 4.90 Å². The van der Waals surface area contributed by atoms with Crippen molar-refractivity contribution in [1.82, 2.24) is 14.5 Å². The topological polar surface area (TPSA) is 89.3 Å². The number of benzene rings is 1. The number of para-hydroxylation sites is 1. The average molecular weight is 410 g/mol. The van der Waals surface area contributed by atoms with Crippen LogP contribution in [0.25, 0.3) is 10.9 Å². The Labute approximate surface area is 162 Å². The van der Waals surface area contributed by atoms with Crippen LogP contribution in [0.1, 0.15) is 26.3 Å². The maximum Gasteiger partial charge on any atom is 0.262 e. The molecule has 1 aliphatic rings. The highest BCUT2D eigenvalue weighted by Gasteiger charge is 2.32. The second-order valence-corrected chi connectivity index (χ2v) is 10.2. The number of rotatable bonds is 5. The molecule has 7 nitrogen and oxygen atoms in total. The molecule has 3 rings (SSSR count). The van der Waals surface area contributed by atoms with Crippen molar-refractivity contribution in [3.05, 3.63) is 34.6 Å². The summed E-state index contributed by atoms with van der Waals surface area (Å²) < 4.78 is 24.9. The van der Waals surface area contributed by atoms with Gasteiger partial charge in [-0.1, -0.05) is 23.9 Å². The van der Waals surface area contributed by atoms with E-state index in [1.165, 1.54) is 16.7 Å². The molecule has 0 saturated carbocycles. The Bertz CT molecular complexity index is 1030. The molecule has 0 bridgehead atoms. The first-order chi connectivity index (χ1) is 12.7. The lowest BCUT2D eigenvalue weighted by Gasteiger charge is -2.23. The molecule has 0 radical (unpaired) electrons. The Balaban J connectivity index is 1.81. The van der Waals surface area contributed by atoms with Crippen LogP contribution in [-0.4, -0.2) is 59.1 Å². The fraction of sp³-hybridized carbons (Fsp3) is 0.500. The third kappa shape index (κ3) is 4.19. The molecular formula is C18H23N3O4S2. The number of hydrogen-bond acceptors (Lipinski definition) is 6. The number of amides is 1. The van der Waals surface area contributed by atoms with Gasteiger partial charge in [0.05, 0.1) is 28.2 Å².